The molecule has 0 aliphatic heterocycles. The van der Waals surface area contributed by atoms with E-state index in [4.69, 9.17) is 0 Å². The Morgan fingerprint density at radius 1 is 1.20 bits per heavy atom. The monoisotopic (exact) mass is 456 g/mol. The molecule has 0 atom stereocenters. The molecule has 0 radical (unpaired) electrons. The maximum Gasteiger partial charge on any atom is 0.191 e. The Labute approximate surface area is 167 Å². The number of rotatable bonds is 8. The van der Waals surface area contributed by atoms with Crippen LogP contribution in [0.15, 0.2) is 47.7 Å². The van der Waals surface area contributed by atoms with E-state index in [2.05, 4.69) is 56.8 Å². The molecule has 0 aliphatic rings. The van der Waals surface area contributed by atoms with Crippen LogP contribution < -0.4 is 15.5 Å². The molecule has 1 aromatic heterocycles. The van der Waals surface area contributed by atoms with Gasteiger partial charge in [-0.05, 0) is 37.1 Å². The van der Waals surface area contributed by atoms with E-state index in [9.17, 15) is 0 Å². The lowest BCUT2D eigenvalue weighted by molar-refractivity contribution is 0.570. The predicted octanol–water partition coefficient (Wildman–Crippen LogP) is 2.71. The van der Waals surface area contributed by atoms with Crippen molar-refractivity contribution in [1.82, 2.24) is 20.4 Å². The molecule has 0 fully saturated rings. The molecule has 138 valence electrons. The third-order valence-corrected chi connectivity index (χ3v) is 3.63. The summed E-state index contributed by atoms with van der Waals surface area (Å²) < 4.78 is 1.94. The molecular weight excluding hydrogens is 427 g/mol. The Hall–Kier alpha value is -1.77. The highest BCUT2D eigenvalue weighted by atomic mass is 127. The third-order valence-electron chi connectivity index (χ3n) is 3.63. The number of hydrogen-bond donors (Lipinski definition) is 2. The average Bonchev–Trinajstić information content (AvgIpc) is 3.10. The third kappa shape index (κ3) is 7.76. The number of nitrogens with zero attached hydrogens (tertiary/aromatic N) is 4. The lowest BCUT2D eigenvalue weighted by Gasteiger charge is -2.13. The van der Waals surface area contributed by atoms with Crippen molar-refractivity contribution in [2.24, 2.45) is 4.99 Å². The van der Waals surface area contributed by atoms with Gasteiger partial charge in [-0.2, -0.15) is 5.10 Å². The zero-order chi connectivity index (χ0) is 17.2. The molecule has 6 nitrogen and oxygen atoms in total. The summed E-state index contributed by atoms with van der Waals surface area (Å²) in [6.45, 7) is 5.37. The molecule has 0 saturated carbocycles. The summed E-state index contributed by atoms with van der Waals surface area (Å²) in [5, 5.41) is 10.9. The predicted molar refractivity (Wildman–Crippen MR) is 116 cm³/mol. The normalized spacial score (nSPS) is 10.9. The topological polar surface area (TPSA) is 57.5 Å². The van der Waals surface area contributed by atoms with E-state index in [0.717, 1.165) is 32.0 Å². The van der Waals surface area contributed by atoms with Crippen LogP contribution in [-0.2, 0) is 13.1 Å². The van der Waals surface area contributed by atoms with E-state index in [-0.39, 0.29) is 24.0 Å². The van der Waals surface area contributed by atoms with Crippen molar-refractivity contribution in [3.05, 3.63) is 48.3 Å². The van der Waals surface area contributed by atoms with Crippen molar-refractivity contribution >= 4 is 35.6 Å². The van der Waals surface area contributed by atoms with Gasteiger partial charge in [0.1, 0.15) is 0 Å². The molecule has 0 aliphatic carbocycles. The van der Waals surface area contributed by atoms with Gasteiger partial charge in [0.2, 0.25) is 0 Å². The highest BCUT2D eigenvalue weighted by Gasteiger charge is 1.99. The van der Waals surface area contributed by atoms with E-state index in [1.807, 2.05) is 31.0 Å². The van der Waals surface area contributed by atoms with Crippen LogP contribution >= 0.6 is 24.0 Å². The number of nitrogens with one attached hydrogen (secondary N) is 2. The van der Waals surface area contributed by atoms with Gasteiger partial charge < -0.3 is 15.5 Å². The first kappa shape index (κ1) is 21.3. The zero-order valence-electron chi connectivity index (χ0n) is 15.3. The summed E-state index contributed by atoms with van der Waals surface area (Å²) >= 11 is 0. The summed E-state index contributed by atoms with van der Waals surface area (Å²) in [7, 11) is 4.09. The largest absolute Gasteiger partial charge is 0.378 e. The van der Waals surface area contributed by atoms with Crippen LogP contribution in [0.1, 0.15) is 18.9 Å². The number of aromatic nitrogens is 2. The van der Waals surface area contributed by atoms with Gasteiger partial charge in [0.15, 0.2) is 5.96 Å². The zero-order valence-corrected chi connectivity index (χ0v) is 17.6. The van der Waals surface area contributed by atoms with Crippen LogP contribution in [0.2, 0.25) is 0 Å². The van der Waals surface area contributed by atoms with Gasteiger partial charge in [-0.15, -0.1) is 24.0 Å². The number of aliphatic imine (C=N–C) groups is 1. The van der Waals surface area contributed by atoms with E-state index in [0.29, 0.717) is 6.54 Å². The van der Waals surface area contributed by atoms with Crippen molar-refractivity contribution in [2.45, 2.75) is 26.4 Å². The molecule has 1 heterocycles. The standard InChI is InChI=1S/C18H28N6.HI/c1-4-19-18(20-11-5-13-24-14-6-12-22-24)21-15-16-7-9-17(10-8-16)23(2)3;/h6-10,12,14H,4-5,11,13,15H2,1-3H3,(H2,19,20,21);1H. The number of hydrogen-bond acceptors (Lipinski definition) is 3. The van der Waals surface area contributed by atoms with Crippen molar-refractivity contribution in [2.75, 3.05) is 32.1 Å². The molecular formula is C18H29IN6. The van der Waals surface area contributed by atoms with Gasteiger partial charge in [0, 0.05) is 51.8 Å². The van der Waals surface area contributed by atoms with Gasteiger partial charge >= 0.3 is 0 Å². The highest BCUT2D eigenvalue weighted by Crippen LogP contribution is 2.12. The number of anilines is 1. The van der Waals surface area contributed by atoms with Gasteiger partial charge in [-0.1, -0.05) is 12.1 Å². The van der Waals surface area contributed by atoms with Gasteiger partial charge in [-0.3, -0.25) is 4.68 Å². The molecule has 25 heavy (non-hydrogen) atoms. The van der Waals surface area contributed by atoms with Crippen LogP contribution in [-0.4, -0.2) is 42.9 Å². The first-order valence-electron chi connectivity index (χ1n) is 8.45. The van der Waals surface area contributed by atoms with Crippen molar-refractivity contribution < 1.29 is 0 Å². The fourth-order valence-corrected chi connectivity index (χ4v) is 2.29. The summed E-state index contributed by atoms with van der Waals surface area (Å²) in [5.74, 6) is 0.856. The van der Waals surface area contributed by atoms with Crippen LogP contribution in [0.4, 0.5) is 5.69 Å². The molecule has 0 amide bonds. The van der Waals surface area contributed by atoms with Crippen LogP contribution in [0.5, 0.6) is 0 Å². The summed E-state index contributed by atoms with van der Waals surface area (Å²) in [6, 6.07) is 10.4. The minimum atomic E-state index is 0. The average molecular weight is 456 g/mol. The lowest BCUT2D eigenvalue weighted by Crippen LogP contribution is -2.38. The SMILES string of the molecule is CCNC(=NCc1ccc(N(C)C)cc1)NCCCn1cccn1.I. The minimum absolute atomic E-state index is 0. The number of benzene rings is 1. The number of aryl methyl sites for hydroxylation is 1. The quantitative estimate of drug-likeness (QED) is 0.278. The van der Waals surface area contributed by atoms with Crippen LogP contribution in [0.25, 0.3) is 0 Å². The summed E-state index contributed by atoms with van der Waals surface area (Å²) in [4.78, 5) is 6.75. The van der Waals surface area contributed by atoms with Gasteiger partial charge in [-0.25, -0.2) is 4.99 Å². The Kier molecular flexibility index (Phi) is 9.98. The molecule has 0 unspecified atom stereocenters. The van der Waals surface area contributed by atoms with Crippen LogP contribution in [0, 0.1) is 0 Å². The Morgan fingerprint density at radius 3 is 2.56 bits per heavy atom. The second kappa shape index (κ2) is 11.7. The Balaban J connectivity index is 0.00000312. The molecule has 0 spiro atoms. The second-order valence-corrected chi connectivity index (χ2v) is 5.81. The molecule has 2 N–H and O–H groups in total. The molecule has 2 rings (SSSR count). The molecule has 7 heteroatoms. The van der Waals surface area contributed by atoms with Gasteiger partial charge in [0.05, 0.1) is 6.54 Å². The molecule has 1 aromatic carbocycles. The van der Waals surface area contributed by atoms with Crippen molar-refractivity contribution in [3.8, 4) is 0 Å². The molecule has 0 saturated heterocycles. The first-order valence-corrected chi connectivity index (χ1v) is 8.45. The van der Waals surface area contributed by atoms with E-state index < -0.39 is 0 Å². The molecule has 0 bridgehead atoms. The maximum absolute atomic E-state index is 4.65. The highest BCUT2D eigenvalue weighted by molar-refractivity contribution is 14.0. The first-order chi connectivity index (χ1) is 11.7. The fraction of sp³-hybridized carbons (Fsp3) is 0.444. The van der Waals surface area contributed by atoms with E-state index in [1.165, 1.54) is 11.3 Å². The summed E-state index contributed by atoms with van der Waals surface area (Å²) in [5.41, 5.74) is 2.40. The minimum Gasteiger partial charge on any atom is -0.378 e. The van der Waals surface area contributed by atoms with Crippen molar-refractivity contribution in [3.63, 3.8) is 0 Å². The van der Waals surface area contributed by atoms with E-state index >= 15 is 0 Å². The molecule has 2 aromatic rings. The summed E-state index contributed by atoms with van der Waals surface area (Å²) in [6.07, 6.45) is 4.79. The smallest absolute Gasteiger partial charge is 0.191 e. The number of guanidine groups is 1. The fourth-order valence-electron chi connectivity index (χ4n) is 2.29. The lowest BCUT2D eigenvalue weighted by atomic mass is 10.2. The maximum atomic E-state index is 4.65. The Bertz CT molecular complexity index is 607. The van der Waals surface area contributed by atoms with Crippen LogP contribution in [0.3, 0.4) is 0 Å². The van der Waals surface area contributed by atoms with Gasteiger partial charge in [0.25, 0.3) is 0 Å². The second-order valence-electron chi connectivity index (χ2n) is 5.81. The Morgan fingerprint density at radius 2 is 1.96 bits per heavy atom. The van der Waals surface area contributed by atoms with E-state index in [1.54, 1.807) is 6.20 Å². The number of halogens is 1. The van der Waals surface area contributed by atoms with Crippen molar-refractivity contribution in [1.29, 1.82) is 0 Å².